The molecule has 2 N–H and O–H groups in total. The van der Waals surface area contributed by atoms with Crippen LogP contribution in [-0.2, 0) is 91.0 Å². The van der Waals surface area contributed by atoms with Gasteiger partial charge in [-0.05, 0) is 159 Å². The van der Waals surface area contributed by atoms with E-state index in [9.17, 15) is 55.1 Å². The number of halogens is 6. The van der Waals surface area contributed by atoms with Crippen molar-refractivity contribution >= 4 is 58.6 Å². The smallest absolute Gasteiger partial charge is 0.416 e. The first-order chi connectivity index (χ1) is 43.0. The molecule has 12 rings (SSSR count). The van der Waals surface area contributed by atoms with E-state index in [-0.39, 0.29) is 97.0 Å². The van der Waals surface area contributed by atoms with Crippen molar-refractivity contribution in [2.75, 3.05) is 13.1 Å². The Kier molecular flexibility index (Phi) is 21.7. The molecule has 4 aromatic rings. The molecule has 4 unspecified atom stereocenters. The first-order valence-corrected chi connectivity index (χ1v) is 32.4. The Morgan fingerprint density at radius 1 is 0.527 bits per heavy atom. The van der Waals surface area contributed by atoms with Crippen molar-refractivity contribution in [3.8, 4) is 11.8 Å². The van der Waals surface area contributed by atoms with Crippen LogP contribution in [0.25, 0.3) is 22.1 Å². The number of amides is 4. The predicted molar refractivity (Wildman–Crippen MR) is 320 cm³/mol. The molecule has 16 atom stereocenters. The summed E-state index contributed by atoms with van der Waals surface area (Å²) in [6, 6.07) is 2.66. The Balaban J connectivity index is 0.000000215. The number of carbonyl (C=O) groups is 4. The van der Waals surface area contributed by atoms with Crippen LogP contribution in [0.4, 0.5) is 35.9 Å². The van der Waals surface area contributed by atoms with Gasteiger partial charge in [-0.25, -0.2) is 42.1 Å². The second-order valence-electron chi connectivity index (χ2n) is 28.8. The fourth-order valence-corrected chi connectivity index (χ4v) is 15.3. The second-order valence-corrected chi connectivity index (χ2v) is 28.8. The molecule has 2 radical (unpaired) electrons. The van der Waals surface area contributed by atoms with E-state index in [2.05, 4.69) is 25.6 Å². The average Bonchev–Trinajstić information content (AvgIpc) is 1.69. The number of aromatic nitrogens is 4. The van der Waals surface area contributed by atoms with E-state index in [1.807, 2.05) is 61.0 Å². The van der Waals surface area contributed by atoms with E-state index >= 15 is 0 Å². The molecule has 4 aliphatic carbocycles. The standard InChI is InChI=1S/C34H42F3N4O5.C33H40F3N4O5.2V/c1-5-20-26(17-42)41-16-28(20)45-30-24(38-23-12-11-19(34(35,36)37)15-25(23)39-30)10-8-6-7-9-21-22-13-18(22)14-27(21)46-32(44)40-29(31(41)43)33(2,3)4;1-17-25(16-41)40-15-27(17)44-29-23(37-22-11-10-19(33(34,35)36)14-24(22)38-29)9-7-5-6-8-20-21-12-18(21)13-26(20)45-31(43)39-28(30(40)42)32(2,3)4;;/h11-12,15,18,20-22,26-29H,5-10,13-14,16H2,1-4H3,(H,40,44);10-11,14,17-18,20-21,25-28H,5-9,12-13,15H2,1-4H3,(H,39,43);;/q2*-1;;/t18?,20-,21+,22?,26+,27+,28-,29+;17-,18?,20+,21?,25+,26+,27-,28+;;/m00../s1. The zero-order valence-electron chi connectivity index (χ0n) is 53.7. The summed E-state index contributed by atoms with van der Waals surface area (Å²) >= 11 is 0. The fourth-order valence-electron chi connectivity index (χ4n) is 15.3. The number of carbonyl (C=O) groups excluding carboxylic acids is 6. The van der Waals surface area contributed by atoms with Crippen molar-refractivity contribution < 1.29 is 111 Å². The molecular weight excluding hydrogens is 1290 g/mol. The zero-order chi connectivity index (χ0) is 65.2. The van der Waals surface area contributed by atoms with Crippen molar-refractivity contribution in [3.05, 3.63) is 58.9 Å². The summed E-state index contributed by atoms with van der Waals surface area (Å²) in [6.07, 6.45) is 4.19. The molecule has 4 bridgehead atoms. The van der Waals surface area contributed by atoms with Crippen molar-refractivity contribution in [2.24, 2.45) is 58.2 Å². The van der Waals surface area contributed by atoms with Crippen LogP contribution in [0.2, 0.25) is 0 Å². The van der Waals surface area contributed by atoms with E-state index in [0.29, 0.717) is 65.4 Å². The van der Waals surface area contributed by atoms with E-state index in [4.69, 9.17) is 23.9 Å². The molecule has 26 heteroatoms. The quantitative estimate of drug-likeness (QED) is 0.144. The topological polar surface area (TPSA) is 221 Å². The number of alkyl halides is 6. The molecule has 6 fully saturated rings. The van der Waals surface area contributed by atoms with Crippen LogP contribution in [0, 0.1) is 58.2 Å². The van der Waals surface area contributed by atoms with Crippen molar-refractivity contribution in [2.45, 2.75) is 213 Å². The normalized spacial score (nSPS) is 31.8. The molecule has 93 heavy (non-hydrogen) atoms. The van der Waals surface area contributed by atoms with Crippen molar-refractivity contribution in [1.82, 2.24) is 40.4 Å². The van der Waals surface area contributed by atoms with Crippen LogP contribution >= 0.6 is 0 Å². The maximum Gasteiger partial charge on any atom is 0.416 e. The molecule has 6 heterocycles. The van der Waals surface area contributed by atoms with Gasteiger partial charge in [0.15, 0.2) is 0 Å². The molecule has 4 aliphatic heterocycles. The van der Waals surface area contributed by atoms with Gasteiger partial charge in [-0.3, -0.25) is 9.59 Å². The van der Waals surface area contributed by atoms with E-state index in [1.165, 1.54) is 21.9 Å². The molecule has 18 nitrogen and oxygen atoms in total. The third-order valence-corrected chi connectivity index (χ3v) is 20.5. The number of aryl methyl sites for hydroxylation is 2. The minimum Gasteiger partial charge on any atom is -0.540 e. The molecule has 4 amide bonds. The first-order valence-electron chi connectivity index (χ1n) is 32.4. The SMILES string of the molecule is CC[C@@H]1[C@@H]2CN(C(=O)[C@H](C(C)(C)C)NC(=O)O[C@@H]3CC4CC4[C@H]3CCCCCc3nc4ccc(C(F)(F)F)cc4nc3O2)[C@@H]1[C-]=O.C[C@@H]1[C@@H]2CN(C(=O)[C@H](C(C)(C)C)NC(=O)O[C@@H]3CC4CC4[C@H]3CCCCCc3nc4ccc(C(F)(F)F)cc4nc3O2)[C@@H]1[C-]=O.[V].[V]. The van der Waals surface area contributed by atoms with Gasteiger partial charge in [0.1, 0.15) is 47.9 Å². The number of hydrogen-bond donors (Lipinski definition) is 2. The monoisotopic (exact) mass is 1370 g/mol. The van der Waals surface area contributed by atoms with Gasteiger partial charge in [-0.15, -0.1) is 0 Å². The van der Waals surface area contributed by atoms with Gasteiger partial charge < -0.3 is 49.0 Å². The van der Waals surface area contributed by atoms with Crippen molar-refractivity contribution in [3.63, 3.8) is 0 Å². The van der Waals surface area contributed by atoms with Crippen LogP contribution in [0.3, 0.4) is 0 Å². The summed E-state index contributed by atoms with van der Waals surface area (Å²) < 4.78 is 106. The Bertz CT molecular complexity index is 3420. The predicted octanol–water partition coefficient (Wildman–Crippen LogP) is 11.7. The molecule has 2 aromatic carbocycles. The number of hydrogen-bond acceptors (Lipinski definition) is 14. The van der Waals surface area contributed by atoms with Crippen LogP contribution in [-0.4, -0.2) is 128 Å². The first kappa shape index (κ1) is 71.6. The number of nitrogens with one attached hydrogen (secondary N) is 2. The zero-order valence-corrected chi connectivity index (χ0v) is 56.4. The second kappa shape index (κ2) is 28.2. The largest absolute Gasteiger partial charge is 0.540 e. The van der Waals surface area contributed by atoms with Gasteiger partial charge in [0, 0.05) is 37.1 Å². The molecule has 504 valence electrons. The number of fused-ring (bicyclic) bond motifs is 14. The summed E-state index contributed by atoms with van der Waals surface area (Å²) in [4.78, 5) is 100. The minimum absolute atomic E-state index is 0. The molecule has 2 saturated heterocycles. The fraction of sp³-hybridized carbons (Fsp3) is 0.672. The Morgan fingerprint density at radius 3 is 1.35 bits per heavy atom. The molecule has 0 spiro atoms. The van der Waals surface area contributed by atoms with E-state index in [0.717, 1.165) is 101 Å². The number of benzene rings is 2. The number of ether oxygens (including phenoxy) is 4. The van der Waals surface area contributed by atoms with Gasteiger partial charge in [0.05, 0.1) is 46.3 Å². The van der Waals surface area contributed by atoms with Crippen molar-refractivity contribution in [1.29, 1.82) is 0 Å². The number of nitrogens with zero attached hydrogens (tertiary/aromatic N) is 6. The Labute approximate surface area is 561 Å². The molecule has 2 aromatic heterocycles. The van der Waals surface area contributed by atoms with Crippen LogP contribution < -0.4 is 20.1 Å². The van der Waals surface area contributed by atoms with Crippen LogP contribution in [0.1, 0.15) is 161 Å². The van der Waals surface area contributed by atoms with E-state index in [1.54, 1.807) is 6.92 Å². The van der Waals surface area contributed by atoms with Crippen LogP contribution in [0.15, 0.2) is 36.4 Å². The summed E-state index contributed by atoms with van der Waals surface area (Å²) in [5, 5.41) is 5.64. The van der Waals surface area contributed by atoms with Gasteiger partial charge in [0.25, 0.3) is 0 Å². The summed E-state index contributed by atoms with van der Waals surface area (Å²) in [5.74, 6) is 1.09. The van der Waals surface area contributed by atoms with Gasteiger partial charge in [-0.1, -0.05) is 99.6 Å². The Morgan fingerprint density at radius 2 is 0.946 bits per heavy atom. The summed E-state index contributed by atoms with van der Waals surface area (Å²) in [5.41, 5.74) is -1.28. The Hall–Kier alpha value is -5.71. The van der Waals surface area contributed by atoms with Gasteiger partial charge in [-0.2, -0.15) is 26.3 Å². The summed E-state index contributed by atoms with van der Waals surface area (Å²) in [7, 11) is 0. The minimum atomic E-state index is -4.55. The third kappa shape index (κ3) is 15.6. The maximum atomic E-state index is 14.1. The van der Waals surface area contributed by atoms with E-state index < -0.39 is 107 Å². The maximum absolute atomic E-state index is 14.1. The molecule has 4 saturated carbocycles. The van der Waals surface area contributed by atoms with Gasteiger partial charge >= 0.3 is 24.5 Å². The molecule has 8 aliphatic rings. The summed E-state index contributed by atoms with van der Waals surface area (Å²) in [6.45, 7) is 14.6. The third-order valence-electron chi connectivity index (χ3n) is 20.5. The molecular formula is C67H82F6N8O10V2-2. The average molecular weight is 1380 g/mol. The number of alkyl carbamates (subject to hydrolysis) is 2. The number of rotatable bonds is 3. The van der Waals surface area contributed by atoms with Gasteiger partial charge in [0.2, 0.25) is 23.6 Å². The van der Waals surface area contributed by atoms with Crippen LogP contribution in [0.5, 0.6) is 11.8 Å².